The van der Waals surface area contributed by atoms with E-state index < -0.39 is 0 Å². The molecule has 0 radical (unpaired) electrons. The van der Waals surface area contributed by atoms with E-state index in [-0.39, 0.29) is 11.9 Å². The Labute approximate surface area is 89.5 Å². The molecule has 0 aliphatic rings. The van der Waals surface area contributed by atoms with E-state index in [2.05, 4.69) is 0 Å². The van der Waals surface area contributed by atoms with Crippen molar-refractivity contribution in [1.82, 2.24) is 0 Å². The summed E-state index contributed by atoms with van der Waals surface area (Å²) in [6.45, 7) is 3.91. The molecule has 0 bridgehead atoms. The predicted octanol–water partition coefficient (Wildman–Crippen LogP) is 1.69. The lowest BCUT2D eigenvalue weighted by Crippen LogP contribution is -2.21. The average molecular weight is 211 g/mol. The average Bonchev–Trinajstić information content (AvgIpc) is 2.62. The molecule has 1 rings (SSSR count). The van der Waals surface area contributed by atoms with Crippen LogP contribution in [0.3, 0.4) is 0 Å². The van der Waals surface area contributed by atoms with E-state index in [9.17, 15) is 4.79 Å². The summed E-state index contributed by atoms with van der Waals surface area (Å²) in [7, 11) is 1.87. The number of furan rings is 1. The summed E-state index contributed by atoms with van der Waals surface area (Å²) in [5.74, 6) is 0.944. The summed E-state index contributed by atoms with van der Waals surface area (Å²) in [6, 6.07) is 3.43. The van der Waals surface area contributed by atoms with Gasteiger partial charge in [-0.2, -0.15) is 0 Å². The fourth-order valence-electron chi connectivity index (χ4n) is 1.21. The lowest BCUT2D eigenvalue weighted by Gasteiger charge is -2.16. The van der Waals surface area contributed by atoms with Crippen LogP contribution >= 0.6 is 0 Å². The Bertz CT molecular complexity index is 330. The van der Waals surface area contributed by atoms with Crippen molar-refractivity contribution < 1.29 is 14.3 Å². The van der Waals surface area contributed by atoms with Crippen molar-refractivity contribution in [2.24, 2.45) is 0 Å². The first-order valence-corrected chi connectivity index (χ1v) is 5.00. The van der Waals surface area contributed by atoms with Gasteiger partial charge in [0.25, 0.3) is 0 Å². The van der Waals surface area contributed by atoms with Crippen LogP contribution < -0.4 is 4.90 Å². The van der Waals surface area contributed by atoms with Crippen molar-refractivity contribution in [1.29, 1.82) is 0 Å². The zero-order valence-corrected chi connectivity index (χ0v) is 9.36. The summed E-state index contributed by atoms with van der Waals surface area (Å²) in [4.78, 5) is 12.9. The first kappa shape index (κ1) is 11.8. The topological polar surface area (TPSA) is 53.7 Å². The molecule has 15 heavy (non-hydrogen) atoms. The highest BCUT2D eigenvalue weighted by Gasteiger charge is 2.10. The molecule has 84 valence electrons. The van der Waals surface area contributed by atoms with E-state index in [1.807, 2.05) is 11.9 Å². The molecule has 1 N–H and O–H groups in total. The van der Waals surface area contributed by atoms with Crippen LogP contribution in [0, 0.1) is 0 Å². The van der Waals surface area contributed by atoms with E-state index in [1.54, 1.807) is 19.1 Å². The van der Waals surface area contributed by atoms with E-state index in [0.29, 0.717) is 24.6 Å². The lowest BCUT2D eigenvalue weighted by molar-refractivity contribution is 0.0987. The van der Waals surface area contributed by atoms with E-state index in [1.165, 1.54) is 6.92 Å². The number of aliphatic hydroxyl groups excluding tert-OH is 1. The molecule has 0 amide bonds. The SMILES string of the molecule is CC(=O)c1ccc(N(C)CCC(C)O)o1. The molecule has 1 aromatic rings. The summed E-state index contributed by atoms with van der Waals surface area (Å²) in [6.07, 6.45) is 0.349. The fourth-order valence-corrected chi connectivity index (χ4v) is 1.21. The monoisotopic (exact) mass is 211 g/mol. The molecule has 0 aromatic carbocycles. The van der Waals surface area contributed by atoms with Crippen LogP contribution in [-0.2, 0) is 0 Å². The molecule has 1 aromatic heterocycles. The summed E-state index contributed by atoms with van der Waals surface area (Å²) < 4.78 is 5.33. The Morgan fingerprint density at radius 3 is 2.73 bits per heavy atom. The number of hydrogen-bond acceptors (Lipinski definition) is 4. The lowest BCUT2D eigenvalue weighted by atomic mass is 10.3. The number of anilines is 1. The number of Topliss-reactive ketones (excluding diaryl/α,β-unsaturated/α-hetero) is 1. The Balaban J connectivity index is 2.58. The largest absolute Gasteiger partial charge is 0.437 e. The fraction of sp³-hybridized carbons (Fsp3) is 0.545. The van der Waals surface area contributed by atoms with Crippen LogP contribution in [0.4, 0.5) is 5.88 Å². The molecule has 1 heterocycles. The Morgan fingerprint density at radius 1 is 1.60 bits per heavy atom. The summed E-state index contributed by atoms with van der Waals surface area (Å²) in [5.41, 5.74) is 0. The quantitative estimate of drug-likeness (QED) is 0.753. The van der Waals surface area contributed by atoms with E-state index in [4.69, 9.17) is 9.52 Å². The maximum atomic E-state index is 11.0. The van der Waals surface area contributed by atoms with Gasteiger partial charge in [0, 0.05) is 26.6 Å². The van der Waals surface area contributed by atoms with Crippen LogP contribution in [0.15, 0.2) is 16.5 Å². The zero-order valence-electron chi connectivity index (χ0n) is 9.36. The minimum atomic E-state index is -0.324. The van der Waals surface area contributed by atoms with Crippen molar-refractivity contribution in [3.8, 4) is 0 Å². The number of rotatable bonds is 5. The molecule has 0 saturated heterocycles. The molecule has 0 fully saturated rings. The molecular formula is C11H17NO3. The molecule has 0 aliphatic carbocycles. The number of ketones is 1. The Hall–Kier alpha value is -1.29. The van der Waals surface area contributed by atoms with Crippen LogP contribution in [0.25, 0.3) is 0 Å². The number of carbonyl (C=O) groups is 1. The van der Waals surface area contributed by atoms with E-state index >= 15 is 0 Å². The molecular weight excluding hydrogens is 194 g/mol. The minimum absolute atomic E-state index is 0.0785. The smallest absolute Gasteiger partial charge is 0.196 e. The second-order valence-corrected chi connectivity index (χ2v) is 3.75. The Kier molecular flexibility index (Phi) is 3.91. The van der Waals surface area contributed by atoms with Gasteiger partial charge in [0.2, 0.25) is 0 Å². The molecule has 1 unspecified atom stereocenters. The first-order chi connectivity index (χ1) is 7.00. The van der Waals surface area contributed by atoms with Crippen molar-refractivity contribution in [2.75, 3.05) is 18.5 Å². The summed E-state index contributed by atoms with van der Waals surface area (Å²) in [5, 5.41) is 9.13. The number of nitrogens with zero attached hydrogens (tertiary/aromatic N) is 1. The normalized spacial score (nSPS) is 12.5. The second kappa shape index (κ2) is 4.98. The van der Waals surface area contributed by atoms with Crippen LogP contribution in [0.2, 0.25) is 0 Å². The molecule has 4 nitrogen and oxygen atoms in total. The van der Waals surface area contributed by atoms with Crippen molar-refractivity contribution in [2.45, 2.75) is 26.4 Å². The van der Waals surface area contributed by atoms with Gasteiger partial charge in [0.15, 0.2) is 17.4 Å². The molecule has 0 spiro atoms. The maximum Gasteiger partial charge on any atom is 0.196 e. The maximum absolute atomic E-state index is 11.0. The number of carbonyl (C=O) groups excluding carboxylic acids is 1. The van der Waals surface area contributed by atoms with Crippen molar-refractivity contribution in [3.63, 3.8) is 0 Å². The highest BCUT2D eigenvalue weighted by molar-refractivity contribution is 5.91. The first-order valence-electron chi connectivity index (χ1n) is 5.00. The van der Waals surface area contributed by atoms with Crippen LogP contribution in [-0.4, -0.2) is 30.6 Å². The molecule has 4 heteroatoms. The molecule has 0 aliphatic heterocycles. The van der Waals surface area contributed by atoms with Crippen molar-refractivity contribution in [3.05, 3.63) is 17.9 Å². The third-order valence-electron chi connectivity index (χ3n) is 2.20. The molecule has 1 atom stereocenters. The minimum Gasteiger partial charge on any atom is -0.437 e. The standard InChI is InChI=1S/C11H17NO3/c1-8(13)6-7-12(3)11-5-4-10(15-11)9(2)14/h4-5,8,13H,6-7H2,1-3H3. The van der Waals surface area contributed by atoms with Gasteiger partial charge in [-0.05, 0) is 19.4 Å². The van der Waals surface area contributed by atoms with Gasteiger partial charge in [-0.3, -0.25) is 4.79 Å². The van der Waals surface area contributed by atoms with Gasteiger partial charge in [-0.15, -0.1) is 0 Å². The van der Waals surface area contributed by atoms with Gasteiger partial charge in [-0.1, -0.05) is 0 Å². The van der Waals surface area contributed by atoms with Crippen molar-refractivity contribution >= 4 is 11.7 Å². The predicted molar refractivity (Wildman–Crippen MR) is 58.3 cm³/mol. The van der Waals surface area contributed by atoms with Crippen LogP contribution in [0.5, 0.6) is 0 Å². The number of aliphatic hydroxyl groups is 1. The van der Waals surface area contributed by atoms with E-state index in [0.717, 1.165) is 0 Å². The summed E-state index contributed by atoms with van der Waals surface area (Å²) >= 11 is 0. The third kappa shape index (κ3) is 3.40. The van der Waals surface area contributed by atoms with Gasteiger partial charge in [-0.25, -0.2) is 0 Å². The van der Waals surface area contributed by atoms with Gasteiger partial charge in [0.1, 0.15) is 0 Å². The molecule has 0 saturated carbocycles. The van der Waals surface area contributed by atoms with Gasteiger partial charge in [0.05, 0.1) is 6.10 Å². The third-order valence-corrected chi connectivity index (χ3v) is 2.20. The highest BCUT2D eigenvalue weighted by Crippen LogP contribution is 2.17. The highest BCUT2D eigenvalue weighted by atomic mass is 16.4. The van der Waals surface area contributed by atoms with Crippen LogP contribution in [0.1, 0.15) is 30.8 Å². The Morgan fingerprint density at radius 2 is 2.27 bits per heavy atom. The van der Waals surface area contributed by atoms with Gasteiger partial charge >= 0.3 is 0 Å². The second-order valence-electron chi connectivity index (χ2n) is 3.75. The zero-order chi connectivity index (χ0) is 11.4. The number of hydrogen-bond donors (Lipinski definition) is 1. The van der Waals surface area contributed by atoms with Gasteiger partial charge < -0.3 is 14.4 Å².